The highest BCUT2D eigenvalue weighted by atomic mass is 15.1. The molecule has 0 spiro atoms. The van der Waals surface area contributed by atoms with Gasteiger partial charge in [-0.1, -0.05) is 12.1 Å². The van der Waals surface area contributed by atoms with Crippen molar-refractivity contribution >= 4 is 22.7 Å². The Balaban J connectivity index is 1.68. The van der Waals surface area contributed by atoms with Crippen LogP contribution >= 0.6 is 0 Å². The van der Waals surface area contributed by atoms with Crippen molar-refractivity contribution in [1.82, 2.24) is 19.5 Å². The lowest BCUT2D eigenvalue weighted by Gasteiger charge is -2.09. The van der Waals surface area contributed by atoms with Crippen molar-refractivity contribution in [1.29, 1.82) is 0 Å². The summed E-state index contributed by atoms with van der Waals surface area (Å²) >= 11 is 0. The molecular weight excluding hydrogens is 252 g/mol. The minimum absolute atomic E-state index is 0.292. The maximum Gasteiger partial charge on any atom is 0.222 e. The first-order valence-corrected chi connectivity index (χ1v) is 6.55. The monoisotopic (exact) mass is 268 g/mol. The number of para-hydroxylation sites is 1. The van der Waals surface area contributed by atoms with Crippen molar-refractivity contribution in [2.75, 3.05) is 17.6 Å². The Morgan fingerprint density at radius 1 is 1.20 bits per heavy atom. The number of fused-ring (bicyclic) bond motifs is 1. The molecule has 0 amide bonds. The van der Waals surface area contributed by atoms with E-state index in [2.05, 4.69) is 20.3 Å². The lowest BCUT2D eigenvalue weighted by molar-refractivity contribution is 0.660. The Labute approximate surface area is 116 Å². The van der Waals surface area contributed by atoms with E-state index in [1.54, 1.807) is 6.20 Å². The number of hydrogen-bond acceptors (Lipinski definition) is 5. The summed E-state index contributed by atoms with van der Waals surface area (Å²) in [5.74, 6) is 1.08. The average molecular weight is 268 g/mol. The van der Waals surface area contributed by atoms with Crippen molar-refractivity contribution in [2.45, 2.75) is 13.0 Å². The zero-order valence-electron chi connectivity index (χ0n) is 11.0. The van der Waals surface area contributed by atoms with Crippen LogP contribution in [-0.4, -0.2) is 26.1 Å². The zero-order chi connectivity index (χ0) is 13.8. The summed E-state index contributed by atoms with van der Waals surface area (Å²) in [5, 5.41) is 4.32. The van der Waals surface area contributed by atoms with Crippen molar-refractivity contribution in [3.63, 3.8) is 0 Å². The highest BCUT2D eigenvalue weighted by Gasteiger charge is 2.04. The lowest BCUT2D eigenvalue weighted by atomic mass is 10.2. The largest absolute Gasteiger partial charge is 0.369 e. The highest BCUT2D eigenvalue weighted by molar-refractivity contribution is 5.89. The molecule has 0 fully saturated rings. The van der Waals surface area contributed by atoms with Crippen LogP contribution in [0.15, 0.2) is 43.0 Å². The van der Waals surface area contributed by atoms with E-state index in [9.17, 15) is 0 Å². The summed E-state index contributed by atoms with van der Waals surface area (Å²) in [6.07, 6.45) is 6.54. The summed E-state index contributed by atoms with van der Waals surface area (Å²) in [7, 11) is 0. The standard InChI is InChI=1S/C14H16N6/c15-14-18-12-5-2-1-4-11(12)13(19-14)17-6-3-8-20-9-7-16-10-20/h1-2,4-5,7,9-10H,3,6,8H2,(H3,15,17,18,19). The summed E-state index contributed by atoms with van der Waals surface area (Å²) in [4.78, 5) is 12.5. The van der Waals surface area contributed by atoms with Gasteiger partial charge in [0, 0.05) is 30.9 Å². The summed E-state index contributed by atoms with van der Waals surface area (Å²) in [6, 6.07) is 7.84. The minimum Gasteiger partial charge on any atom is -0.369 e. The topological polar surface area (TPSA) is 81.6 Å². The quantitative estimate of drug-likeness (QED) is 0.691. The van der Waals surface area contributed by atoms with Gasteiger partial charge in [0.15, 0.2) is 0 Å². The number of aryl methyl sites for hydroxylation is 1. The SMILES string of the molecule is Nc1nc(NCCCn2ccnc2)c2ccccc2n1. The molecule has 20 heavy (non-hydrogen) atoms. The first kappa shape index (κ1) is 12.4. The van der Waals surface area contributed by atoms with Gasteiger partial charge in [0.2, 0.25) is 5.95 Å². The van der Waals surface area contributed by atoms with Crippen molar-refractivity contribution in [3.8, 4) is 0 Å². The summed E-state index contributed by atoms with van der Waals surface area (Å²) in [6.45, 7) is 1.74. The van der Waals surface area contributed by atoms with Gasteiger partial charge in [-0.15, -0.1) is 0 Å². The van der Waals surface area contributed by atoms with Crippen LogP contribution in [0.4, 0.5) is 11.8 Å². The van der Waals surface area contributed by atoms with E-state index < -0.39 is 0 Å². The molecule has 0 atom stereocenters. The molecule has 0 saturated carbocycles. The van der Waals surface area contributed by atoms with Gasteiger partial charge < -0.3 is 15.6 Å². The van der Waals surface area contributed by atoms with Crippen LogP contribution in [0, 0.1) is 0 Å². The van der Waals surface area contributed by atoms with Crippen LogP contribution in [0.2, 0.25) is 0 Å². The number of imidazole rings is 1. The predicted octanol–water partition coefficient (Wildman–Crippen LogP) is 1.91. The fourth-order valence-electron chi connectivity index (χ4n) is 2.12. The van der Waals surface area contributed by atoms with Crippen LogP contribution in [0.1, 0.15) is 6.42 Å². The molecule has 1 aromatic carbocycles. The fourth-order valence-corrected chi connectivity index (χ4v) is 2.12. The molecule has 0 saturated heterocycles. The van der Waals surface area contributed by atoms with E-state index in [0.29, 0.717) is 5.95 Å². The zero-order valence-corrected chi connectivity index (χ0v) is 11.0. The number of hydrogen-bond donors (Lipinski definition) is 2. The van der Waals surface area contributed by atoms with E-state index >= 15 is 0 Å². The van der Waals surface area contributed by atoms with E-state index in [-0.39, 0.29) is 0 Å². The van der Waals surface area contributed by atoms with E-state index in [0.717, 1.165) is 36.2 Å². The molecule has 3 aromatic rings. The van der Waals surface area contributed by atoms with Crippen LogP contribution in [0.25, 0.3) is 10.9 Å². The van der Waals surface area contributed by atoms with Gasteiger partial charge in [0.1, 0.15) is 5.82 Å². The number of nitrogens with one attached hydrogen (secondary N) is 1. The number of rotatable bonds is 5. The molecular formula is C14H16N6. The Morgan fingerprint density at radius 3 is 2.95 bits per heavy atom. The molecule has 0 bridgehead atoms. The van der Waals surface area contributed by atoms with Crippen LogP contribution in [0.5, 0.6) is 0 Å². The summed E-state index contributed by atoms with van der Waals surface area (Å²) < 4.78 is 2.05. The minimum atomic E-state index is 0.292. The van der Waals surface area contributed by atoms with Gasteiger partial charge >= 0.3 is 0 Å². The molecule has 6 heteroatoms. The normalized spacial score (nSPS) is 10.8. The van der Waals surface area contributed by atoms with Crippen molar-refractivity contribution in [3.05, 3.63) is 43.0 Å². The third-order valence-electron chi connectivity index (χ3n) is 3.07. The molecule has 0 aliphatic carbocycles. The van der Waals surface area contributed by atoms with Gasteiger partial charge in [-0.05, 0) is 18.6 Å². The number of anilines is 2. The molecule has 2 aromatic heterocycles. The van der Waals surface area contributed by atoms with Crippen molar-refractivity contribution < 1.29 is 0 Å². The van der Waals surface area contributed by atoms with E-state index in [4.69, 9.17) is 5.73 Å². The smallest absolute Gasteiger partial charge is 0.222 e. The number of nitrogens with zero attached hydrogens (tertiary/aromatic N) is 4. The second-order valence-electron chi connectivity index (χ2n) is 4.53. The Bertz CT molecular complexity index is 692. The molecule has 3 N–H and O–H groups in total. The third-order valence-corrected chi connectivity index (χ3v) is 3.07. The lowest BCUT2D eigenvalue weighted by Crippen LogP contribution is -2.09. The molecule has 3 rings (SSSR count). The Morgan fingerprint density at radius 2 is 2.10 bits per heavy atom. The molecule has 102 valence electrons. The van der Waals surface area contributed by atoms with E-state index in [1.807, 2.05) is 41.4 Å². The molecule has 6 nitrogen and oxygen atoms in total. The number of benzene rings is 1. The highest BCUT2D eigenvalue weighted by Crippen LogP contribution is 2.20. The first-order valence-electron chi connectivity index (χ1n) is 6.55. The van der Waals surface area contributed by atoms with Crippen LogP contribution in [-0.2, 0) is 6.54 Å². The maximum absolute atomic E-state index is 5.73. The fraction of sp³-hybridized carbons (Fsp3) is 0.214. The molecule has 0 aliphatic heterocycles. The van der Waals surface area contributed by atoms with Gasteiger partial charge in [-0.25, -0.2) is 9.97 Å². The number of nitrogen functional groups attached to an aromatic ring is 1. The summed E-state index contributed by atoms with van der Waals surface area (Å²) in [5.41, 5.74) is 6.59. The van der Waals surface area contributed by atoms with E-state index in [1.165, 1.54) is 0 Å². The van der Waals surface area contributed by atoms with Gasteiger partial charge in [0.05, 0.1) is 11.8 Å². The third kappa shape index (κ3) is 2.69. The average Bonchev–Trinajstić information content (AvgIpc) is 2.96. The molecule has 2 heterocycles. The van der Waals surface area contributed by atoms with Crippen LogP contribution < -0.4 is 11.1 Å². The van der Waals surface area contributed by atoms with Crippen LogP contribution in [0.3, 0.4) is 0 Å². The second-order valence-corrected chi connectivity index (χ2v) is 4.53. The van der Waals surface area contributed by atoms with Gasteiger partial charge in [-0.3, -0.25) is 0 Å². The molecule has 0 unspecified atom stereocenters. The van der Waals surface area contributed by atoms with Gasteiger partial charge in [-0.2, -0.15) is 4.98 Å². The maximum atomic E-state index is 5.73. The van der Waals surface area contributed by atoms with Gasteiger partial charge in [0.25, 0.3) is 0 Å². The number of aromatic nitrogens is 4. The Hall–Kier alpha value is -2.63. The first-order chi connectivity index (χ1) is 9.83. The molecule has 0 aliphatic rings. The van der Waals surface area contributed by atoms with Crippen molar-refractivity contribution in [2.24, 2.45) is 0 Å². The molecule has 0 radical (unpaired) electrons. The predicted molar refractivity (Wildman–Crippen MR) is 79.3 cm³/mol. The second kappa shape index (κ2) is 5.56. The Kier molecular flexibility index (Phi) is 3.45. The number of nitrogens with two attached hydrogens (primary N) is 1.